The van der Waals surface area contributed by atoms with Gasteiger partial charge in [0, 0.05) is 19.2 Å². The molecule has 33 heavy (non-hydrogen) atoms. The van der Waals surface area contributed by atoms with Crippen LogP contribution >= 0.6 is 0 Å². The topological polar surface area (TPSA) is 93.6 Å². The van der Waals surface area contributed by atoms with Crippen molar-refractivity contribution in [2.45, 2.75) is 25.4 Å². The number of nitrogen functional groups attached to an aromatic ring is 1. The smallest absolute Gasteiger partial charge is 0.266 e. The Hall–Kier alpha value is -2.87. The Morgan fingerprint density at radius 2 is 1.88 bits per heavy atom. The minimum absolute atomic E-state index is 0.0405. The highest BCUT2D eigenvalue weighted by atomic mass is 32.2. The number of benzene rings is 1. The van der Waals surface area contributed by atoms with Gasteiger partial charge in [0.15, 0.2) is 5.82 Å². The van der Waals surface area contributed by atoms with Crippen molar-refractivity contribution in [3.63, 3.8) is 0 Å². The van der Waals surface area contributed by atoms with Gasteiger partial charge in [0.1, 0.15) is 23.3 Å². The van der Waals surface area contributed by atoms with Gasteiger partial charge in [-0.15, -0.1) is 5.10 Å². The van der Waals surface area contributed by atoms with Crippen molar-refractivity contribution in [3.8, 4) is 11.3 Å². The Labute approximate surface area is 184 Å². The van der Waals surface area contributed by atoms with E-state index in [0.717, 1.165) is 23.0 Å². The molecule has 0 bridgehead atoms. The fourth-order valence-electron chi connectivity index (χ4n) is 3.31. The molecule has 1 fully saturated rings. The predicted octanol–water partition coefficient (Wildman–Crippen LogP) is 3.71. The van der Waals surface area contributed by atoms with Gasteiger partial charge in [0.2, 0.25) is 16.0 Å². The van der Waals surface area contributed by atoms with Crippen LogP contribution in [0, 0.1) is 17.5 Å². The number of piperidine rings is 1. The zero-order chi connectivity index (χ0) is 24.5. The molecule has 1 aliphatic heterocycles. The second-order valence-corrected chi connectivity index (χ2v) is 9.26. The minimum Gasteiger partial charge on any atom is -0.367 e. The summed E-state index contributed by atoms with van der Waals surface area (Å²) in [5, 5.41) is 3.65. The summed E-state index contributed by atoms with van der Waals surface area (Å²) in [5.41, 5.74) is 2.99. The molecular weight excluding hydrogens is 476 g/mol. The van der Waals surface area contributed by atoms with E-state index in [1.807, 2.05) is 0 Å². The van der Waals surface area contributed by atoms with Crippen molar-refractivity contribution in [2.24, 2.45) is 0 Å². The lowest BCUT2D eigenvalue weighted by atomic mass is 10.1. The second kappa shape index (κ2) is 9.55. The summed E-state index contributed by atoms with van der Waals surface area (Å²) in [6.07, 6.45) is -0.854. The monoisotopic (exact) mass is 495 g/mol. The maximum Gasteiger partial charge on any atom is 0.266 e. The van der Waals surface area contributed by atoms with Crippen molar-refractivity contribution >= 4 is 21.5 Å². The van der Waals surface area contributed by atoms with Crippen LogP contribution in [0.25, 0.3) is 16.8 Å². The van der Waals surface area contributed by atoms with E-state index in [9.17, 15) is 34.8 Å². The van der Waals surface area contributed by atoms with E-state index in [-0.39, 0.29) is 23.7 Å². The first-order valence-corrected chi connectivity index (χ1v) is 11.4. The van der Waals surface area contributed by atoms with Gasteiger partial charge in [0.25, 0.3) is 6.43 Å². The molecule has 0 amide bonds. The van der Waals surface area contributed by atoms with Crippen LogP contribution in [0.2, 0.25) is 0 Å². The summed E-state index contributed by atoms with van der Waals surface area (Å²) in [5.74, 6) is -3.74. The lowest BCUT2D eigenvalue weighted by Crippen LogP contribution is -2.39. The summed E-state index contributed by atoms with van der Waals surface area (Å²) in [6, 6.07) is 2.09. The summed E-state index contributed by atoms with van der Waals surface area (Å²) in [7, 11) is -3.17. The molecule has 1 saturated heterocycles. The zero-order valence-corrected chi connectivity index (χ0v) is 18.0. The van der Waals surface area contributed by atoms with Crippen LogP contribution in [0.5, 0.6) is 0 Å². The van der Waals surface area contributed by atoms with Crippen LogP contribution in [-0.2, 0) is 10.0 Å². The summed E-state index contributed by atoms with van der Waals surface area (Å²) in [6.45, 7) is 0.512. The molecule has 1 aromatic carbocycles. The van der Waals surface area contributed by atoms with Crippen LogP contribution in [-0.4, -0.2) is 52.8 Å². The van der Waals surface area contributed by atoms with Crippen LogP contribution in [0.3, 0.4) is 0 Å². The van der Waals surface area contributed by atoms with Crippen molar-refractivity contribution < 1.29 is 34.8 Å². The van der Waals surface area contributed by atoms with Crippen LogP contribution in [0.15, 0.2) is 24.4 Å². The van der Waals surface area contributed by atoms with E-state index < -0.39 is 51.2 Å². The van der Waals surface area contributed by atoms with Gasteiger partial charge in [-0.2, -0.15) is 4.31 Å². The van der Waals surface area contributed by atoms with E-state index in [1.165, 1.54) is 4.31 Å². The van der Waals surface area contributed by atoms with Crippen molar-refractivity contribution in [1.29, 1.82) is 0 Å². The number of nitrogens with zero attached hydrogens (tertiary/aromatic N) is 4. The first-order valence-electron chi connectivity index (χ1n) is 9.55. The molecule has 14 heteroatoms. The number of sulfonamides is 1. The van der Waals surface area contributed by atoms with E-state index >= 15 is 0 Å². The van der Waals surface area contributed by atoms with Gasteiger partial charge in [-0.25, -0.2) is 44.3 Å². The Balaban J connectivity index is 0.000000235. The maximum atomic E-state index is 14.2. The molecule has 2 aromatic heterocycles. The lowest BCUT2D eigenvalue weighted by Gasteiger charge is -2.26. The van der Waals surface area contributed by atoms with E-state index in [2.05, 4.69) is 10.1 Å². The van der Waals surface area contributed by atoms with Gasteiger partial charge >= 0.3 is 0 Å². The molecule has 180 valence electrons. The van der Waals surface area contributed by atoms with Gasteiger partial charge in [0.05, 0.1) is 29.3 Å². The highest BCUT2D eigenvalue weighted by Gasteiger charge is 2.26. The van der Waals surface area contributed by atoms with Gasteiger partial charge < -0.3 is 5.73 Å². The van der Waals surface area contributed by atoms with Crippen LogP contribution in [0.1, 0.15) is 24.8 Å². The molecule has 4 rings (SSSR count). The number of hydrogen-bond acceptors (Lipinski definition) is 5. The highest BCUT2D eigenvalue weighted by Crippen LogP contribution is 2.34. The molecule has 0 spiro atoms. The molecule has 3 heterocycles. The number of fused-ring (bicyclic) bond motifs is 1. The first-order chi connectivity index (χ1) is 15.4. The number of nitrogens with two attached hydrogens (primary N) is 1. The highest BCUT2D eigenvalue weighted by molar-refractivity contribution is 7.88. The Morgan fingerprint density at radius 1 is 1.18 bits per heavy atom. The first kappa shape index (κ1) is 24.8. The molecule has 1 unspecified atom stereocenters. The third-order valence-corrected chi connectivity index (χ3v) is 6.16. The van der Waals surface area contributed by atoms with E-state index in [0.29, 0.717) is 31.5 Å². The van der Waals surface area contributed by atoms with Crippen LogP contribution < -0.4 is 5.73 Å². The number of halogens is 6. The average Bonchev–Trinajstić information content (AvgIpc) is 3.03. The quantitative estimate of drug-likeness (QED) is 0.560. The Morgan fingerprint density at radius 3 is 2.45 bits per heavy atom. The normalized spacial score (nSPS) is 17.3. The zero-order valence-electron chi connectivity index (χ0n) is 17.2. The minimum atomic E-state index is -3.17. The number of alkyl halides is 3. The largest absolute Gasteiger partial charge is 0.367 e. The maximum absolute atomic E-state index is 14.2. The fraction of sp³-hybridized carbons (Fsp3) is 0.368. The van der Waals surface area contributed by atoms with Gasteiger partial charge in [-0.3, -0.25) is 0 Å². The SMILES string of the molecule is CS(=O)(=O)N1CCCC(F)C1.Nc1ncc2c(F)cc(-c3c(F)ccc(C(F)F)c3F)n2n1. The number of rotatable bonds is 3. The molecule has 0 radical (unpaired) electrons. The summed E-state index contributed by atoms with van der Waals surface area (Å²) in [4.78, 5) is 3.56. The van der Waals surface area contributed by atoms with Crippen molar-refractivity contribution in [3.05, 3.63) is 47.4 Å². The molecule has 1 atom stereocenters. The third kappa shape index (κ3) is 5.38. The lowest BCUT2D eigenvalue weighted by molar-refractivity contribution is 0.146. The number of aromatic nitrogens is 3. The van der Waals surface area contributed by atoms with E-state index in [4.69, 9.17) is 5.73 Å². The molecule has 0 saturated carbocycles. The standard InChI is InChI=1S/C13H7F5N4.C6H12FNO2S/c14-6-2-1-5(12(17)18)11(16)10(6)8-3-7(15)9-4-20-13(19)21-22(8)9;1-11(9,10)8-4-2-3-6(7)5-8/h1-4,12H,(H2,19,21);6H,2-5H2,1H3. The molecule has 1 aliphatic rings. The number of hydrogen-bond donors (Lipinski definition) is 1. The van der Waals surface area contributed by atoms with Crippen molar-refractivity contribution in [2.75, 3.05) is 25.1 Å². The molecule has 0 aliphatic carbocycles. The van der Waals surface area contributed by atoms with Gasteiger partial charge in [-0.1, -0.05) is 0 Å². The van der Waals surface area contributed by atoms with Crippen molar-refractivity contribution in [1.82, 2.24) is 18.9 Å². The fourth-order valence-corrected chi connectivity index (χ4v) is 4.20. The second-order valence-electron chi connectivity index (χ2n) is 7.28. The predicted molar refractivity (Wildman–Crippen MR) is 108 cm³/mol. The Kier molecular flexibility index (Phi) is 7.17. The third-order valence-electron chi connectivity index (χ3n) is 4.89. The van der Waals surface area contributed by atoms with E-state index in [1.54, 1.807) is 0 Å². The molecule has 3 aromatic rings. The average molecular weight is 495 g/mol. The summed E-state index contributed by atoms with van der Waals surface area (Å²) < 4.78 is 104. The summed E-state index contributed by atoms with van der Waals surface area (Å²) >= 11 is 0. The molecule has 2 N–H and O–H groups in total. The molecular formula is C19H19F6N5O2S. The number of anilines is 1. The van der Waals surface area contributed by atoms with Gasteiger partial charge in [-0.05, 0) is 25.0 Å². The van der Waals surface area contributed by atoms with Crippen LogP contribution in [0.4, 0.5) is 32.3 Å². The molecule has 7 nitrogen and oxygen atoms in total. The Bertz CT molecular complexity index is 1270.